The van der Waals surface area contributed by atoms with Gasteiger partial charge >= 0.3 is 0 Å². The number of nitrogens with one attached hydrogen (secondary N) is 2. The molecule has 0 unspecified atom stereocenters. The van der Waals surface area contributed by atoms with Gasteiger partial charge < -0.3 is 15.7 Å². The third kappa shape index (κ3) is 3.13. The Kier molecular flexibility index (Phi) is 3.86. The molecule has 1 aromatic carbocycles. The number of aromatic nitrogens is 4. The maximum atomic E-state index is 6.48. The Balaban J connectivity index is 1.76. The zero-order valence-corrected chi connectivity index (χ0v) is 16.6. The number of hydrogen-bond donors (Lipinski definition) is 3. The molecule has 0 fully saturated rings. The van der Waals surface area contributed by atoms with Crippen molar-refractivity contribution in [2.75, 3.05) is 5.73 Å². The molecule has 0 radical (unpaired) electrons. The van der Waals surface area contributed by atoms with E-state index in [1.807, 2.05) is 66.8 Å². The zero-order valence-electron chi connectivity index (χ0n) is 16.6. The minimum atomic E-state index is 0.613. The molecule has 5 heterocycles. The van der Waals surface area contributed by atoms with Gasteiger partial charge in [-0.3, -0.25) is 0 Å². The number of hydrogen-bond acceptors (Lipinski definition) is 3. The number of nitrogens with two attached hydrogens (primary N) is 1. The van der Waals surface area contributed by atoms with E-state index in [2.05, 4.69) is 34.2 Å². The van der Waals surface area contributed by atoms with Crippen LogP contribution in [0.1, 0.15) is 22.8 Å². The van der Waals surface area contributed by atoms with Gasteiger partial charge in [-0.15, -0.1) is 0 Å². The Morgan fingerprint density at radius 1 is 0.613 bits per heavy atom. The summed E-state index contributed by atoms with van der Waals surface area (Å²) in [6, 6.07) is 22.5. The largest absolute Gasteiger partial charge is 0.395 e. The van der Waals surface area contributed by atoms with Crippen LogP contribution in [-0.2, 0) is 0 Å². The molecular weight excluding hydrogens is 382 g/mol. The third-order valence-corrected chi connectivity index (χ3v) is 5.50. The van der Waals surface area contributed by atoms with Crippen molar-refractivity contribution in [3.8, 4) is 11.1 Å². The molecule has 3 aromatic heterocycles. The lowest BCUT2D eigenvalue weighted by atomic mass is 10.0. The molecule has 0 saturated heterocycles. The van der Waals surface area contributed by atoms with E-state index in [9.17, 15) is 0 Å². The van der Waals surface area contributed by atoms with Gasteiger partial charge in [-0.05, 0) is 66.3 Å². The molecule has 8 bridgehead atoms. The van der Waals surface area contributed by atoms with Crippen LogP contribution in [-0.4, -0.2) is 19.9 Å². The molecule has 0 aliphatic carbocycles. The fraction of sp³-hybridized carbons (Fsp3) is 0. The van der Waals surface area contributed by atoms with Gasteiger partial charge in [0.2, 0.25) is 0 Å². The minimum Gasteiger partial charge on any atom is -0.395 e. The van der Waals surface area contributed by atoms with Crippen LogP contribution in [0.15, 0.2) is 66.7 Å². The fourth-order valence-electron chi connectivity index (χ4n) is 4.00. The van der Waals surface area contributed by atoms with E-state index in [0.717, 1.165) is 56.0 Å². The van der Waals surface area contributed by atoms with Crippen LogP contribution in [0.5, 0.6) is 0 Å². The normalized spacial score (nSPS) is 12.4. The zero-order chi connectivity index (χ0) is 20.8. The van der Waals surface area contributed by atoms with Crippen LogP contribution in [0.25, 0.3) is 57.5 Å². The van der Waals surface area contributed by atoms with E-state index in [-0.39, 0.29) is 0 Å². The molecular formula is C26H19N5. The average molecular weight is 401 g/mol. The van der Waals surface area contributed by atoms with Crippen molar-refractivity contribution in [1.29, 1.82) is 0 Å². The Hall–Kier alpha value is -4.38. The van der Waals surface area contributed by atoms with E-state index in [4.69, 9.17) is 15.7 Å². The van der Waals surface area contributed by atoms with Crippen molar-refractivity contribution >= 4 is 52.1 Å². The lowest BCUT2D eigenvalue weighted by Gasteiger charge is -2.03. The smallest absolute Gasteiger partial charge is 0.0888 e. The van der Waals surface area contributed by atoms with E-state index in [0.29, 0.717) is 5.69 Å². The molecule has 2 aliphatic rings. The van der Waals surface area contributed by atoms with Crippen LogP contribution >= 0.6 is 0 Å². The van der Waals surface area contributed by atoms with Crippen molar-refractivity contribution in [2.45, 2.75) is 0 Å². The molecule has 0 amide bonds. The summed E-state index contributed by atoms with van der Waals surface area (Å²) < 4.78 is 0. The Morgan fingerprint density at radius 3 is 2.00 bits per heavy atom. The second-order valence-electron chi connectivity index (χ2n) is 7.61. The summed E-state index contributed by atoms with van der Waals surface area (Å²) >= 11 is 0. The second kappa shape index (κ2) is 6.85. The molecule has 5 heteroatoms. The summed E-state index contributed by atoms with van der Waals surface area (Å²) in [7, 11) is 0. The highest BCUT2D eigenvalue weighted by molar-refractivity contribution is 5.93. The number of H-pyrrole nitrogens is 2. The van der Waals surface area contributed by atoms with Gasteiger partial charge in [0.1, 0.15) is 0 Å². The summed E-state index contributed by atoms with van der Waals surface area (Å²) in [6.45, 7) is 0. The predicted octanol–water partition coefficient (Wildman–Crippen LogP) is 5.90. The first kappa shape index (κ1) is 17.5. The number of nitrogens with zero attached hydrogens (tertiary/aromatic N) is 2. The molecule has 0 atom stereocenters. The van der Waals surface area contributed by atoms with Gasteiger partial charge in [0, 0.05) is 22.1 Å². The van der Waals surface area contributed by atoms with Crippen molar-refractivity contribution in [3.63, 3.8) is 0 Å². The first-order valence-corrected chi connectivity index (χ1v) is 10.1. The lowest BCUT2D eigenvalue weighted by molar-refractivity contribution is 1.31. The molecule has 31 heavy (non-hydrogen) atoms. The molecule has 4 N–H and O–H groups in total. The Labute approximate surface area is 178 Å². The minimum absolute atomic E-state index is 0.613. The van der Waals surface area contributed by atoms with Crippen LogP contribution < -0.4 is 5.73 Å². The standard InChI is InChI=1S/C26H19N5/c27-26-23-11-9-20(30-23)15-18-7-6-17(28-18)14-19-8-10-21(29-19)25(16-4-2-1-3-5-16)22-12-13-24(26)31-22/h1-15,29-30H,27H2. The number of nitrogen functional groups attached to an aromatic ring is 1. The topological polar surface area (TPSA) is 83.4 Å². The number of fused-ring (bicyclic) bond motifs is 8. The van der Waals surface area contributed by atoms with Gasteiger partial charge in [-0.2, -0.15) is 0 Å². The Bertz CT molecular complexity index is 1530. The molecule has 2 aliphatic heterocycles. The van der Waals surface area contributed by atoms with Crippen LogP contribution in [0, 0.1) is 0 Å². The highest BCUT2D eigenvalue weighted by Gasteiger charge is 2.12. The van der Waals surface area contributed by atoms with Crippen molar-refractivity contribution in [3.05, 3.63) is 89.5 Å². The van der Waals surface area contributed by atoms with E-state index < -0.39 is 0 Å². The molecule has 0 saturated carbocycles. The first-order chi connectivity index (χ1) is 15.2. The van der Waals surface area contributed by atoms with E-state index in [1.165, 1.54) is 0 Å². The van der Waals surface area contributed by atoms with Crippen LogP contribution in [0.3, 0.4) is 0 Å². The third-order valence-electron chi connectivity index (χ3n) is 5.50. The van der Waals surface area contributed by atoms with Crippen molar-refractivity contribution in [2.24, 2.45) is 0 Å². The van der Waals surface area contributed by atoms with Gasteiger partial charge in [-0.1, -0.05) is 30.3 Å². The number of benzene rings is 1. The fourth-order valence-corrected chi connectivity index (χ4v) is 4.00. The molecule has 5 nitrogen and oxygen atoms in total. The van der Waals surface area contributed by atoms with E-state index >= 15 is 0 Å². The summed E-state index contributed by atoms with van der Waals surface area (Å²) in [5.74, 6) is 0. The quantitative estimate of drug-likeness (QED) is 0.320. The SMILES string of the molecule is Nc1c2nc(c(-c3ccccc3)c3ccc(cc4nc(cc5ccc1[nH]5)C=C4)[nH]3)C=C2. The highest BCUT2D eigenvalue weighted by Crippen LogP contribution is 2.31. The maximum Gasteiger partial charge on any atom is 0.0888 e. The van der Waals surface area contributed by atoms with Crippen LogP contribution in [0.4, 0.5) is 5.69 Å². The number of rotatable bonds is 1. The van der Waals surface area contributed by atoms with Gasteiger partial charge in [0.05, 0.1) is 34.0 Å². The highest BCUT2D eigenvalue weighted by atomic mass is 14.8. The molecule has 148 valence electrons. The summed E-state index contributed by atoms with van der Waals surface area (Å²) in [6.07, 6.45) is 8.01. The van der Waals surface area contributed by atoms with Crippen LogP contribution in [0.2, 0.25) is 0 Å². The summed E-state index contributed by atoms with van der Waals surface area (Å²) in [5.41, 5.74) is 16.4. The maximum absolute atomic E-state index is 6.48. The number of anilines is 1. The van der Waals surface area contributed by atoms with Crippen molar-refractivity contribution < 1.29 is 0 Å². The lowest BCUT2D eigenvalue weighted by Crippen LogP contribution is -1.90. The molecule has 0 spiro atoms. The Morgan fingerprint density at radius 2 is 1.26 bits per heavy atom. The average Bonchev–Trinajstić information content (AvgIpc) is 3.58. The van der Waals surface area contributed by atoms with E-state index in [1.54, 1.807) is 0 Å². The first-order valence-electron chi connectivity index (χ1n) is 10.1. The summed E-state index contributed by atoms with van der Waals surface area (Å²) in [5, 5.41) is 0. The van der Waals surface area contributed by atoms with Gasteiger partial charge in [-0.25, -0.2) is 9.97 Å². The second-order valence-corrected chi connectivity index (χ2v) is 7.61. The summed E-state index contributed by atoms with van der Waals surface area (Å²) in [4.78, 5) is 16.5. The monoisotopic (exact) mass is 401 g/mol. The van der Waals surface area contributed by atoms with Gasteiger partial charge in [0.15, 0.2) is 0 Å². The predicted molar refractivity (Wildman–Crippen MR) is 129 cm³/mol. The van der Waals surface area contributed by atoms with Gasteiger partial charge in [0.25, 0.3) is 0 Å². The number of aromatic amines is 2. The molecule has 6 rings (SSSR count). The van der Waals surface area contributed by atoms with Crippen molar-refractivity contribution in [1.82, 2.24) is 19.9 Å². The molecule has 4 aromatic rings.